The molecule has 0 spiro atoms. The predicted octanol–water partition coefficient (Wildman–Crippen LogP) is 3.39. The monoisotopic (exact) mass is 282 g/mol. The van der Waals surface area contributed by atoms with Crippen LogP contribution in [0.25, 0.3) is 0 Å². The Balaban J connectivity index is 1.71. The minimum atomic E-state index is 0.788. The van der Waals surface area contributed by atoms with Crippen LogP contribution >= 0.6 is 0 Å². The third kappa shape index (κ3) is 3.72. The smallest absolute Gasteiger partial charge is 0.227 e. The first-order chi connectivity index (χ1) is 10.3. The molecule has 1 saturated heterocycles. The summed E-state index contributed by atoms with van der Waals surface area (Å²) in [7, 11) is 0. The van der Waals surface area contributed by atoms with Crippen LogP contribution in [0, 0.1) is 6.92 Å². The maximum Gasteiger partial charge on any atom is 0.227 e. The molecule has 1 aromatic carbocycles. The summed E-state index contributed by atoms with van der Waals surface area (Å²) in [6.45, 7) is 4.96. The van der Waals surface area contributed by atoms with E-state index < -0.39 is 0 Å². The molecule has 0 unspecified atom stereocenters. The van der Waals surface area contributed by atoms with Crippen LogP contribution in [0.5, 0.6) is 0 Å². The Morgan fingerprint density at radius 3 is 2.57 bits per heavy atom. The van der Waals surface area contributed by atoms with Crippen LogP contribution in [0.3, 0.4) is 0 Å². The summed E-state index contributed by atoms with van der Waals surface area (Å²) < 4.78 is 0. The van der Waals surface area contributed by atoms with Crippen LogP contribution in [0.4, 0.5) is 11.8 Å². The maximum absolute atomic E-state index is 4.68. The van der Waals surface area contributed by atoms with Crippen LogP contribution in [0.2, 0.25) is 0 Å². The molecular weight excluding hydrogens is 260 g/mol. The van der Waals surface area contributed by atoms with E-state index in [1.807, 2.05) is 19.1 Å². The van der Waals surface area contributed by atoms with Crippen molar-refractivity contribution in [2.45, 2.75) is 32.7 Å². The van der Waals surface area contributed by atoms with Crippen molar-refractivity contribution in [1.82, 2.24) is 9.97 Å². The van der Waals surface area contributed by atoms with Crippen LogP contribution < -0.4 is 10.2 Å². The van der Waals surface area contributed by atoms with Crippen LogP contribution in [-0.2, 0) is 6.54 Å². The molecule has 4 nitrogen and oxygen atoms in total. The molecule has 1 N–H and O–H groups in total. The Morgan fingerprint density at radius 2 is 1.81 bits per heavy atom. The molecule has 1 aliphatic heterocycles. The Morgan fingerprint density at radius 1 is 1.05 bits per heavy atom. The number of aromatic nitrogens is 2. The summed E-state index contributed by atoms with van der Waals surface area (Å²) >= 11 is 0. The summed E-state index contributed by atoms with van der Waals surface area (Å²) in [6.07, 6.45) is 3.80. The normalized spacial score (nSPS) is 15.0. The van der Waals surface area contributed by atoms with Gasteiger partial charge in [-0.25, -0.2) is 4.98 Å². The molecule has 2 aromatic rings. The highest BCUT2D eigenvalue weighted by molar-refractivity contribution is 5.44. The Labute approximate surface area is 126 Å². The van der Waals surface area contributed by atoms with Crippen molar-refractivity contribution in [2.75, 3.05) is 23.3 Å². The van der Waals surface area contributed by atoms with Gasteiger partial charge in [0.25, 0.3) is 0 Å². The zero-order chi connectivity index (χ0) is 14.5. The topological polar surface area (TPSA) is 41.1 Å². The lowest BCUT2D eigenvalue weighted by Crippen LogP contribution is -2.31. The summed E-state index contributed by atoms with van der Waals surface area (Å²) in [6, 6.07) is 12.4. The van der Waals surface area contributed by atoms with Gasteiger partial charge in [-0.1, -0.05) is 30.3 Å². The van der Waals surface area contributed by atoms with Crippen molar-refractivity contribution in [3.8, 4) is 0 Å². The molecule has 4 heteroatoms. The number of piperidine rings is 1. The molecule has 21 heavy (non-hydrogen) atoms. The summed E-state index contributed by atoms with van der Waals surface area (Å²) in [5.74, 6) is 1.78. The lowest BCUT2D eigenvalue weighted by atomic mass is 10.1. The van der Waals surface area contributed by atoms with Crippen molar-refractivity contribution in [3.05, 3.63) is 47.7 Å². The van der Waals surface area contributed by atoms with E-state index >= 15 is 0 Å². The van der Waals surface area contributed by atoms with Gasteiger partial charge in [-0.2, -0.15) is 4.98 Å². The second kappa shape index (κ2) is 6.57. The molecule has 0 saturated carbocycles. The number of benzene rings is 1. The Kier molecular flexibility index (Phi) is 4.34. The lowest BCUT2D eigenvalue weighted by Gasteiger charge is -2.27. The van der Waals surface area contributed by atoms with E-state index in [1.54, 1.807) is 0 Å². The first kappa shape index (κ1) is 13.9. The van der Waals surface area contributed by atoms with Gasteiger partial charge in [-0.05, 0) is 31.7 Å². The largest absolute Gasteiger partial charge is 0.366 e. The molecule has 1 aliphatic rings. The highest BCUT2D eigenvalue weighted by Crippen LogP contribution is 2.18. The van der Waals surface area contributed by atoms with E-state index in [0.717, 1.165) is 37.1 Å². The number of nitrogens with one attached hydrogen (secondary N) is 1. The highest BCUT2D eigenvalue weighted by Gasteiger charge is 2.14. The molecule has 110 valence electrons. The second-order valence-electron chi connectivity index (χ2n) is 5.58. The molecule has 0 aliphatic carbocycles. The fourth-order valence-corrected chi connectivity index (χ4v) is 2.67. The van der Waals surface area contributed by atoms with Gasteiger partial charge in [0, 0.05) is 31.4 Å². The highest BCUT2D eigenvalue weighted by atomic mass is 15.3. The summed E-state index contributed by atoms with van der Waals surface area (Å²) in [5.41, 5.74) is 2.27. The molecule has 0 bridgehead atoms. The third-order valence-corrected chi connectivity index (χ3v) is 3.80. The predicted molar refractivity (Wildman–Crippen MR) is 86.6 cm³/mol. The van der Waals surface area contributed by atoms with E-state index in [2.05, 4.69) is 44.5 Å². The van der Waals surface area contributed by atoms with Gasteiger partial charge in [-0.15, -0.1) is 0 Å². The van der Waals surface area contributed by atoms with Gasteiger partial charge in [-0.3, -0.25) is 0 Å². The molecular formula is C17H22N4. The average molecular weight is 282 g/mol. The van der Waals surface area contributed by atoms with Gasteiger partial charge in [0.1, 0.15) is 5.82 Å². The maximum atomic E-state index is 4.68. The van der Waals surface area contributed by atoms with E-state index in [4.69, 9.17) is 0 Å². The van der Waals surface area contributed by atoms with E-state index in [0.29, 0.717) is 0 Å². The van der Waals surface area contributed by atoms with Crippen molar-refractivity contribution in [3.63, 3.8) is 0 Å². The van der Waals surface area contributed by atoms with E-state index in [9.17, 15) is 0 Å². The number of hydrogen-bond donors (Lipinski definition) is 1. The zero-order valence-corrected chi connectivity index (χ0v) is 12.5. The molecule has 2 heterocycles. The first-order valence-corrected chi connectivity index (χ1v) is 7.70. The number of hydrogen-bond acceptors (Lipinski definition) is 4. The number of rotatable bonds is 4. The minimum Gasteiger partial charge on any atom is -0.366 e. The number of nitrogens with zero attached hydrogens (tertiary/aromatic N) is 3. The van der Waals surface area contributed by atoms with Crippen molar-refractivity contribution >= 4 is 11.8 Å². The number of aryl methyl sites for hydroxylation is 1. The fraction of sp³-hybridized carbons (Fsp3) is 0.412. The standard InChI is InChI=1S/C17H22N4/c1-14-12-16(18-13-15-8-4-2-5-9-15)20-17(19-14)21-10-6-3-7-11-21/h2,4-5,8-9,12H,3,6-7,10-11,13H2,1H3,(H,18,19,20). The molecule has 0 atom stereocenters. The van der Waals surface area contributed by atoms with Gasteiger partial charge < -0.3 is 10.2 Å². The fourth-order valence-electron chi connectivity index (χ4n) is 2.67. The molecule has 0 amide bonds. The Hall–Kier alpha value is -2.10. The molecule has 0 radical (unpaired) electrons. The molecule has 1 fully saturated rings. The van der Waals surface area contributed by atoms with Gasteiger partial charge in [0.05, 0.1) is 0 Å². The van der Waals surface area contributed by atoms with Crippen LogP contribution in [0.1, 0.15) is 30.5 Å². The summed E-state index contributed by atoms with van der Waals surface area (Å²) in [4.78, 5) is 11.6. The lowest BCUT2D eigenvalue weighted by molar-refractivity contribution is 0.568. The second-order valence-corrected chi connectivity index (χ2v) is 5.58. The first-order valence-electron chi connectivity index (χ1n) is 7.70. The molecule has 3 rings (SSSR count). The van der Waals surface area contributed by atoms with Crippen molar-refractivity contribution in [2.24, 2.45) is 0 Å². The SMILES string of the molecule is Cc1cc(NCc2ccccc2)nc(N2CCCCC2)n1. The van der Waals surface area contributed by atoms with Gasteiger partial charge in [0.2, 0.25) is 5.95 Å². The van der Waals surface area contributed by atoms with E-state index in [-0.39, 0.29) is 0 Å². The third-order valence-electron chi connectivity index (χ3n) is 3.80. The molecule has 1 aromatic heterocycles. The van der Waals surface area contributed by atoms with Crippen LogP contribution in [0.15, 0.2) is 36.4 Å². The Bertz CT molecular complexity index is 577. The quantitative estimate of drug-likeness (QED) is 0.933. The van der Waals surface area contributed by atoms with Crippen LogP contribution in [-0.4, -0.2) is 23.1 Å². The van der Waals surface area contributed by atoms with Gasteiger partial charge in [0.15, 0.2) is 0 Å². The minimum absolute atomic E-state index is 0.788. The average Bonchev–Trinajstić information content (AvgIpc) is 2.54. The van der Waals surface area contributed by atoms with E-state index in [1.165, 1.54) is 24.8 Å². The van der Waals surface area contributed by atoms with Gasteiger partial charge >= 0.3 is 0 Å². The van der Waals surface area contributed by atoms with Crippen molar-refractivity contribution < 1.29 is 0 Å². The van der Waals surface area contributed by atoms with Crippen molar-refractivity contribution in [1.29, 1.82) is 0 Å². The number of anilines is 2. The summed E-state index contributed by atoms with van der Waals surface area (Å²) in [5, 5.41) is 3.40. The zero-order valence-electron chi connectivity index (χ0n) is 12.5.